The van der Waals surface area contributed by atoms with Gasteiger partial charge in [0.15, 0.2) is 11.5 Å². The number of carbonyl (C=O) groups is 1. The Hall–Kier alpha value is -3.38. The molecule has 1 heterocycles. The molecule has 0 atom stereocenters. The van der Waals surface area contributed by atoms with Crippen LogP contribution in [-0.4, -0.2) is 24.6 Å². The Morgan fingerprint density at radius 2 is 2.03 bits per heavy atom. The van der Waals surface area contributed by atoms with E-state index in [-0.39, 0.29) is 5.91 Å². The van der Waals surface area contributed by atoms with Crippen LogP contribution in [0.25, 0.3) is 16.6 Å². The summed E-state index contributed by atoms with van der Waals surface area (Å²) in [7, 11) is 1.58. The van der Waals surface area contributed by atoms with Crippen molar-refractivity contribution in [2.45, 2.75) is 6.54 Å². The number of aromatic nitrogens is 1. The first-order chi connectivity index (χ1) is 14.2. The average Bonchev–Trinajstić information content (AvgIpc) is 3.24. The van der Waals surface area contributed by atoms with Gasteiger partial charge < -0.3 is 14.8 Å². The van der Waals surface area contributed by atoms with E-state index in [4.69, 9.17) is 9.47 Å². The van der Waals surface area contributed by atoms with Crippen LogP contribution in [-0.2, 0) is 11.3 Å². The Balaban J connectivity index is 1.56. The molecule has 148 valence electrons. The molecule has 0 unspecified atom stereocenters. The highest BCUT2D eigenvalue weighted by atomic mass is 32.1. The molecule has 0 spiro atoms. The molecular formula is C23H22N2O3S. The Kier molecular flexibility index (Phi) is 7.19. The molecule has 0 radical (unpaired) electrons. The van der Waals surface area contributed by atoms with Gasteiger partial charge in [-0.3, -0.25) is 4.79 Å². The summed E-state index contributed by atoms with van der Waals surface area (Å²) in [6.07, 6.45) is 4.89. The zero-order chi connectivity index (χ0) is 20.5. The number of methoxy groups -OCH3 is 1. The predicted molar refractivity (Wildman–Crippen MR) is 117 cm³/mol. The Labute approximate surface area is 174 Å². The average molecular weight is 407 g/mol. The van der Waals surface area contributed by atoms with Crippen molar-refractivity contribution in [3.63, 3.8) is 0 Å². The molecule has 2 aromatic carbocycles. The number of nitrogens with one attached hydrogen (secondary N) is 1. The smallest absolute Gasteiger partial charge is 0.244 e. The second-order valence-corrected chi connectivity index (χ2v) is 6.93. The van der Waals surface area contributed by atoms with E-state index in [2.05, 4.69) is 16.9 Å². The number of benzene rings is 2. The summed E-state index contributed by atoms with van der Waals surface area (Å²) < 4.78 is 10.9. The van der Waals surface area contributed by atoms with Crippen LogP contribution in [0.5, 0.6) is 11.5 Å². The van der Waals surface area contributed by atoms with Crippen molar-refractivity contribution >= 4 is 23.3 Å². The van der Waals surface area contributed by atoms with Gasteiger partial charge >= 0.3 is 0 Å². The number of rotatable bonds is 9. The molecule has 0 saturated carbocycles. The maximum Gasteiger partial charge on any atom is 0.244 e. The lowest BCUT2D eigenvalue weighted by Crippen LogP contribution is -2.20. The SMILES string of the molecule is C=CCOc1ccc(/C=C/C(=O)NCc2csc(-c3ccccc3)n2)cc1OC. The summed E-state index contributed by atoms with van der Waals surface area (Å²) in [4.78, 5) is 16.7. The van der Waals surface area contributed by atoms with Crippen molar-refractivity contribution < 1.29 is 14.3 Å². The quantitative estimate of drug-likeness (QED) is 0.413. The zero-order valence-corrected chi connectivity index (χ0v) is 16.9. The third-order valence-electron chi connectivity index (χ3n) is 3.99. The van der Waals surface area contributed by atoms with Crippen LogP contribution in [0.1, 0.15) is 11.3 Å². The van der Waals surface area contributed by atoms with Crippen molar-refractivity contribution in [3.05, 3.63) is 83.9 Å². The number of thiazole rings is 1. The molecule has 29 heavy (non-hydrogen) atoms. The molecule has 0 bridgehead atoms. The van der Waals surface area contributed by atoms with E-state index in [1.54, 1.807) is 36.7 Å². The maximum atomic E-state index is 12.1. The van der Waals surface area contributed by atoms with Gasteiger partial charge in [-0.25, -0.2) is 4.98 Å². The van der Waals surface area contributed by atoms with Gasteiger partial charge in [-0.2, -0.15) is 0 Å². The molecular weight excluding hydrogens is 384 g/mol. The van der Waals surface area contributed by atoms with E-state index in [1.807, 2.05) is 47.8 Å². The largest absolute Gasteiger partial charge is 0.493 e. The highest BCUT2D eigenvalue weighted by Gasteiger charge is 2.06. The minimum atomic E-state index is -0.190. The van der Waals surface area contributed by atoms with Crippen LogP contribution in [0, 0.1) is 0 Å². The standard InChI is InChI=1S/C23H22N2O3S/c1-3-13-28-20-11-9-17(14-21(20)27-2)10-12-22(26)24-15-19-16-29-23(25-19)18-7-5-4-6-8-18/h3-12,14,16H,1,13,15H2,2H3,(H,24,26)/b12-10+. The van der Waals surface area contributed by atoms with E-state index in [0.29, 0.717) is 24.7 Å². The number of carbonyl (C=O) groups excluding carboxylic acids is 1. The Morgan fingerprint density at radius 3 is 2.79 bits per heavy atom. The second-order valence-electron chi connectivity index (χ2n) is 6.07. The van der Waals surface area contributed by atoms with Crippen LogP contribution in [0.4, 0.5) is 0 Å². The summed E-state index contributed by atoms with van der Waals surface area (Å²) >= 11 is 1.56. The summed E-state index contributed by atoms with van der Waals surface area (Å²) in [5.41, 5.74) is 2.74. The number of nitrogens with zero attached hydrogens (tertiary/aromatic N) is 1. The van der Waals surface area contributed by atoms with E-state index in [0.717, 1.165) is 21.8 Å². The third-order valence-corrected chi connectivity index (χ3v) is 4.93. The van der Waals surface area contributed by atoms with E-state index in [9.17, 15) is 4.79 Å². The first kappa shape index (κ1) is 20.4. The van der Waals surface area contributed by atoms with Crippen LogP contribution in [0.15, 0.2) is 72.6 Å². The highest BCUT2D eigenvalue weighted by Crippen LogP contribution is 2.28. The maximum absolute atomic E-state index is 12.1. The molecule has 3 rings (SSSR count). The van der Waals surface area contributed by atoms with Crippen molar-refractivity contribution in [3.8, 4) is 22.1 Å². The van der Waals surface area contributed by atoms with Gasteiger partial charge in [0.2, 0.25) is 5.91 Å². The Bertz CT molecular complexity index is 996. The molecule has 1 N–H and O–H groups in total. The van der Waals surface area contributed by atoms with Crippen LogP contribution >= 0.6 is 11.3 Å². The second kappa shape index (κ2) is 10.2. The summed E-state index contributed by atoms with van der Waals surface area (Å²) in [5.74, 6) is 1.04. The van der Waals surface area contributed by atoms with Gasteiger partial charge in [-0.1, -0.05) is 49.1 Å². The molecule has 6 heteroatoms. The molecule has 1 aromatic heterocycles. The summed E-state index contributed by atoms with van der Waals surface area (Å²) in [6.45, 7) is 4.41. The minimum Gasteiger partial charge on any atom is -0.493 e. The fraction of sp³-hybridized carbons (Fsp3) is 0.130. The van der Waals surface area contributed by atoms with Crippen LogP contribution in [0.3, 0.4) is 0 Å². The van der Waals surface area contributed by atoms with Crippen molar-refractivity contribution in [1.29, 1.82) is 0 Å². The van der Waals surface area contributed by atoms with E-state index < -0.39 is 0 Å². The monoisotopic (exact) mass is 406 g/mol. The van der Waals surface area contributed by atoms with Gasteiger partial charge in [0.05, 0.1) is 19.3 Å². The molecule has 1 amide bonds. The predicted octanol–water partition coefficient (Wildman–Crippen LogP) is 4.71. The molecule has 3 aromatic rings. The number of amides is 1. The molecule has 0 aliphatic rings. The fourth-order valence-electron chi connectivity index (χ4n) is 2.57. The lowest BCUT2D eigenvalue weighted by atomic mass is 10.2. The first-order valence-corrected chi connectivity index (χ1v) is 9.95. The normalized spacial score (nSPS) is 10.7. The number of hydrogen-bond acceptors (Lipinski definition) is 5. The third kappa shape index (κ3) is 5.80. The van der Waals surface area contributed by atoms with Crippen molar-refractivity contribution in [1.82, 2.24) is 10.3 Å². The van der Waals surface area contributed by atoms with Crippen molar-refractivity contribution in [2.75, 3.05) is 13.7 Å². The van der Waals surface area contributed by atoms with Gasteiger partial charge in [0.1, 0.15) is 11.6 Å². The van der Waals surface area contributed by atoms with Gasteiger partial charge in [0.25, 0.3) is 0 Å². The summed E-state index contributed by atoms with van der Waals surface area (Å²) in [6, 6.07) is 15.5. The Morgan fingerprint density at radius 1 is 1.21 bits per heavy atom. The zero-order valence-electron chi connectivity index (χ0n) is 16.1. The van der Waals surface area contributed by atoms with E-state index in [1.165, 1.54) is 6.08 Å². The molecule has 0 fully saturated rings. The molecule has 0 aliphatic heterocycles. The molecule has 0 aliphatic carbocycles. The minimum absolute atomic E-state index is 0.190. The lowest BCUT2D eigenvalue weighted by Gasteiger charge is -2.09. The van der Waals surface area contributed by atoms with Gasteiger partial charge in [0, 0.05) is 17.0 Å². The van der Waals surface area contributed by atoms with Crippen LogP contribution in [0.2, 0.25) is 0 Å². The van der Waals surface area contributed by atoms with E-state index >= 15 is 0 Å². The lowest BCUT2D eigenvalue weighted by molar-refractivity contribution is -0.116. The topological polar surface area (TPSA) is 60.5 Å². The molecule has 0 saturated heterocycles. The molecule has 5 nitrogen and oxygen atoms in total. The van der Waals surface area contributed by atoms with Crippen molar-refractivity contribution in [2.24, 2.45) is 0 Å². The number of hydrogen-bond donors (Lipinski definition) is 1. The number of ether oxygens (including phenoxy) is 2. The summed E-state index contributed by atoms with van der Waals surface area (Å²) in [5, 5.41) is 5.75. The fourth-order valence-corrected chi connectivity index (χ4v) is 3.39. The highest BCUT2D eigenvalue weighted by molar-refractivity contribution is 7.13. The van der Waals surface area contributed by atoms with Gasteiger partial charge in [-0.05, 0) is 23.8 Å². The van der Waals surface area contributed by atoms with Crippen LogP contribution < -0.4 is 14.8 Å². The first-order valence-electron chi connectivity index (χ1n) is 9.07. The van der Waals surface area contributed by atoms with Gasteiger partial charge in [-0.15, -0.1) is 11.3 Å².